The number of nitrogens with zero attached hydrogens (tertiary/aromatic N) is 5. The molecule has 1 aliphatic heterocycles. The van der Waals surface area contributed by atoms with E-state index in [9.17, 15) is 18.0 Å². The number of piperazine rings is 1. The fraction of sp³-hybridized carbons (Fsp3) is 0.389. The van der Waals surface area contributed by atoms with Gasteiger partial charge in [-0.3, -0.25) is 4.90 Å². The summed E-state index contributed by atoms with van der Waals surface area (Å²) in [6.07, 6.45) is -1.94. The maximum Gasteiger partial charge on any atom is 0.416 e. The lowest BCUT2D eigenvalue weighted by molar-refractivity contribution is -0.138. The number of aromatic nitrogens is 3. The fourth-order valence-electron chi connectivity index (χ4n) is 5.50. The minimum absolute atomic E-state index is 0.0627. The zero-order valence-corrected chi connectivity index (χ0v) is 29.3. The lowest BCUT2D eigenvalue weighted by atomic mass is 10.0. The number of urea groups is 1. The van der Waals surface area contributed by atoms with Gasteiger partial charge in [-0.1, -0.05) is 19.1 Å². The highest BCUT2D eigenvalue weighted by molar-refractivity contribution is 6.00. The van der Waals surface area contributed by atoms with Crippen molar-refractivity contribution < 1.29 is 41.3 Å². The van der Waals surface area contributed by atoms with Gasteiger partial charge >= 0.3 is 12.2 Å². The number of likely N-dealkylation sites (N-methyl/N-ethyl adjacent to an activating group) is 1. The Kier molecular flexibility index (Phi) is 12.8. The van der Waals surface area contributed by atoms with Crippen molar-refractivity contribution in [3.8, 4) is 28.8 Å². The van der Waals surface area contributed by atoms with Crippen molar-refractivity contribution in [1.82, 2.24) is 24.8 Å². The maximum atomic E-state index is 15.1. The first-order valence-electron chi connectivity index (χ1n) is 16.6. The van der Waals surface area contributed by atoms with Crippen molar-refractivity contribution in [2.75, 3.05) is 70.8 Å². The van der Waals surface area contributed by atoms with Gasteiger partial charge in [0.1, 0.15) is 30.5 Å². The van der Waals surface area contributed by atoms with Gasteiger partial charge in [0.15, 0.2) is 5.82 Å². The summed E-state index contributed by atoms with van der Waals surface area (Å²) in [4.78, 5) is 30.2. The first-order chi connectivity index (χ1) is 25.0. The highest BCUT2D eigenvalue weighted by atomic mass is 19.4. The molecule has 0 spiro atoms. The number of hydrogen-bond acceptors (Lipinski definition) is 10. The van der Waals surface area contributed by atoms with Crippen LogP contribution in [-0.4, -0.2) is 90.9 Å². The lowest BCUT2D eigenvalue weighted by Crippen LogP contribution is -2.45. The molecule has 2 aromatic heterocycles. The molecule has 3 heterocycles. The Balaban J connectivity index is 1.28. The normalized spacial score (nSPS) is 13.8. The molecule has 0 atom stereocenters. The Morgan fingerprint density at radius 2 is 1.62 bits per heavy atom. The number of alkyl halides is 3. The summed E-state index contributed by atoms with van der Waals surface area (Å²) in [6, 6.07) is 9.49. The van der Waals surface area contributed by atoms with E-state index >= 15 is 4.39 Å². The molecule has 1 fully saturated rings. The molecular weight excluding hydrogens is 686 g/mol. The SMILES string of the molecule is CCN1CCN(Cc2cc(F)c(NC(=O)Nc3cnc(-c4cnc(OCc5ccc(OC)cc5)cc4OCCOC)nc3C)cc2C(F)(F)F)CC1. The Bertz CT molecular complexity index is 1820. The van der Waals surface area contributed by atoms with Gasteiger partial charge in [-0.15, -0.1) is 0 Å². The number of anilines is 2. The lowest BCUT2D eigenvalue weighted by Gasteiger charge is -2.34. The molecule has 2 amide bonds. The van der Waals surface area contributed by atoms with Crippen LogP contribution in [0.15, 0.2) is 54.9 Å². The van der Waals surface area contributed by atoms with Crippen molar-refractivity contribution in [1.29, 1.82) is 0 Å². The average Bonchev–Trinajstić information content (AvgIpc) is 3.13. The summed E-state index contributed by atoms with van der Waals surface area (Å²) >= 11 is 0. The van der Waals surface area contributed by atoms with E-state index in [4.69, 9.17) is 18.9 Å². The highest BCUT2D eigenvalue weighted by Gasteiger charge is 2.35. The van der Waals surface area contributed by atoms with E-state index in [1.54, 1.807) is 27.2 Å². The van der Waals surface area contributed by atoms with E-state index in [0.29, 0.717) is 48.6 Å². The molecule has 1 saturated heterocycles. The van der Waals surface area contributed by atoms with Gasteiger partial charge in [0.25, 0.3) is 0 Å². The van der Waals surface area contributed by atoms with E-state index in [-0.39, 0.29) is 36.8 Å². The van der Waals surface area contributed by atoms with E-state index in [1.807, 2.05) is 36.1 Å². The smallest absolute Gasteiger partial charge is 0.416 e. The van der Waals surface area contributed by atoms with Crippen molar-refractivity contribution >= 4 is 17.4 Å². The van der Waals surface area contributed by atoms with Gasteiger partial charge in [-0.2, -0.15) is 13.2 Å². The minimum Gasteiger partial charge on any atom is -0.497 e. The number of nitrogens with one attached hydrogen (secondary N) is 2. The van der Waals surface area contributed by atoms with Crippen molar-refractivity contribution in [3.05, 3.63) is 83.1 Å². The third kappa shape index (κ3) is 10.0. The monoisotopic (exact) mass is 727 g/mol. The summed E-state index contributed by atoms with van der Waals surface area (Å²) in [5, 5.41) is 4.69. The predicted molar refractivity (Wildman–Crippen MR) is 186 cm³/mol. The van der Waals surface area contributed by atoms with Crippen LogP contribution in [0.3, 0.4) is 0 Å². The number of rotatable bonds is 14. The van der Waals surface area contributed by atoms with E-state index in [0.717, 1.165) is 37.0 Å². The number of amides is 2. The number of methoxy groups -OCH3 is 2. The van der Waals surface area contributed by atoms with Gasteiger partial charge in [0.05, 0.1) is 48.1 Å². The van der Waals surface area contributed by atoms with Crippen molar-refractivity contribution in [2.45, 2.75) is 33.2 Å². The second-order valence-electron chi connectivity index (χ2n) is 12.0. The molecule has 0 radical (unpaired) electrons. The van der Waals surface area contributed by atoms with Crippen LogP contribution in [0.5, 0.6) is 17.4 Å². The van der Waals surface area contributed by atoms with Gasteiger partial charge in [-0.05, 0) is 48.9 Å². The summed E-state index contributed by atoms with van der Waals surface area (Å²) in [5.41, 5.74) is -0.0268. The van der Waals surface area contributed by atoms with Crippen LogP contribution in [0.25, 0.3) is 11.4 Å². The number of carbonyl (C=O) groups is 1. The molecule has 4 aromatic rings. The fourth-order valence-corrected chi connectivity index (χ4v) is 5.50. The second kappa shape index (κ2) is 17.4. The summed E-state index contributed by atoms with van der Waals surface area (Å²) in [7, 11) is 3.13. The zero-order chi connectivity index (χ0) is 37.3. The molecule has 16 heteroatoms. The molecule has 2 aromatic carbocycles. The predicted octanol–water partition coefficient (Wildman–Crippen LogP) is 6.40. The number of ether oxygens (including phenoxy) is 4. The number of carbonyl (C=O) groups excluding carboxylic acids is 1. The van der Waals surface area contributed by atoms with Crippen LogP contribution in [0, 0.1) is 12.7 Å². The summed E-state index contributed by atoms with van der Waals surface area (Å²) in [6.45, 7) is 7.76. The van der Waals surface area contributed by atoms with Crippen LogP contribution in [0.1, 0.15) is 29.3 Å². The number of pyridine rings is 1. The molecule has 1 aliphatic rings. The van der Waals surface area contributed by atoms with Gasteiger partial charge in [0, 0.05) is 52.1 Å². The molecular formula is C36H41F4N7O5. The number of hydrogen-bond donors (Lipinski definition) is 2. The van der Waals surface area contributed by atoms with Crippen LogP contribution in [0.4, 0.5) is 33.7 Å². The van der Waals surface area contributed by atoms with E-state index in [1.165, 1.54) is 12.4 Å². The topological polar surface area (TPSA) is 123 Å². The molecule has 52 heavy (non-hydrogen) atoms. The summed E-state index contributed by atoms with van der Waals surface area (Å²) in [5.74, 6) is 0.624. The molecule has 5 rings (SSSR count). The molecule has 2 N–H and O–H groups in total. The Labute approximate surface area is 299 Å². The molecule has 0 bridgehead atoms. The van der Waals surface area contributed by atoms with Gasteiger partial charge in [0.2, 0.25) is 5.88 Å². The molecule has 0 unspecified atom stereocenters. The van der Waals surface area contributed by atoms with Crippen molar-refractivity contribution in [3.63, 3.8) is 0 Å². The third-order valence-electron chi connectivity index (χ3n) is 8.45. The average molecular weight is 728 g/mol. The van der Waals surface area contributed by atoms with Crippen LogP contribution < -0.4 is 24.8 Å². The Morgan fingerprint density at radius 1 is 0.904 bits per heavy atom. The van der Waals surface area contributed by atoms with Crippen LogP contribution in [-0.2, 0) is 24.1 Å². The number of halogens is 4. The quantitative estimate of drug-likeness (QED) is 0.112. The van der Waals surface area contributed by atoms with E-state index < -0.39 is 29.3 Å². The highest BCUT2D eigenvalue weighted by Crippen LogP contribution is 2.36. The number of aryl methyl sites for hydroxylation is 1. The standard InChI is InChI=1S/C36H41F4N7O5/c1-5-46-10-12-47(13-11-46)21-25-16-29(37)30(17-28(25)36(38,39)40)44-35(48)45-31-20-42-34(43-23(31)2)27-19-41-33(18-32(27)51-15-14-49-3)52-22-24-6-8-26(50-4)9-7-24/h6-9,16-20H,5,10-15,21-22H2,1-4H3,(H2,44,45,48). The minimum atomic E-state index is -4.76. The molecule has 12 nitrogen and oxygen atoms in total. The maximum absolute atomic E-state index is 15.1. The number of benzene rings is 2. The molecule has 278 valence electrons. The van der Waals surface area contributed by atoms with Crippen molar-refractivity contribution in [2.24, 2.45) is 0 Å². The first-order valence-corrected chi connectivity index (χ1v) is 16.6. The second-order valence-corrected chi connectivity index (χ2v) is 12.0. The first kappa shape index (κ1) is 38.2. The molecule has 0 saturated carbocycles. The zero-order valence-electron chi connectivity index (χ0n) is 29.3. The van der Waals surface area contributed by atoms with Gasteiger partial charge < -0.3 is 34.5 Å². The van der Waals surface area contributed by atoms with Gasteiger partial charge in [-0.25, -0.2) is 24.1 Å². The summed E-state index contributed by atoms with van der Waals surface area (Å²) < 4.78 is 79.5. The van der Waals surface area contributed by atoms with Crippen LogP contribution >= 0.6 is 0 Å². The third-order valence-corrected chi connectivity index (χ3v) is 8.45. The van der Waals surface area contributed by atoms with Crippen LogP contribution in [0.2, 0.25) is 0 Å². The molecule has 0 aliphatic carbocycles. The van der Waals surface area contributed by atoms with E-state index in [2.05, 4.69) is 30.5 Å². The Hall–Kier alpha value is -5.06. The largest absolute Gasteiger partial charge is 0.497 e. The Morgan fingerprint density at radius 3 is 2.27 bits per heavy atom.